The Labute approximate surface area is 74.2 Å². The van der Waals surface area contributed by atoms with Crippen LogP contribution < -0.4 is 0 Å². The Morgan fingerprint density at radius 1 is 0.667 bits per heavy atom. The second-order valence-corrected chi connectivity index (χ2v) is 2.54. The van der Waals surface area contributed by atoms with Gasteiger partial charge >= 0.3 is 0 Å². The molecule has 0 radical (unpaired) electrons. The summed E-state index contributed by atoms with van der Waals surface area (Å²) < 4.78 is 0. The zero-order valence-corrected chi connectivity index (χ0v) is 8.03. The third-order valence-corrected chi connectivity index (χ3v) is 1.55. The van der Waals surface area contributed by atoms with Gasteiger partial charge in [0.25, 0.3) is 0 Å². The van der Waals surface area contributed by atoms with Crippen molar-refractivity contribution < 1.29 is 0 Å². The van der Waals surface area contributed by atoms with Gasteiger partial charge in [-0.25, -0.2) is 0 Å². The second kappa shape index (κ2) is 10.2. The van der Waals surface area contributed by atoms with Gasteiger partial charge in [0.1, 0.15) is 0 Å². The molecule has 0 rings (SSSR count). The highest BCUT2D eigenvalue weighted by Gasteiger charge is 1.87. The number of nitrogens with zero attached hydrogens (tertiary/aromatic N) is 4. The zero-order chi connectivity index (χ0) is 9.07. The number of azo groups is 2. The first kappa shape index (κ1) is 11.2. The molecule has 0 spiro atoms. The summed E-state index contributed by atoms with van der Waals surface area (Å²) in [6, 6.07) is 0. The van der Waals surface area contributed by atoms with E-state index in [9.17, 15) is 0 Å². The van der Waals surface area contributed by atoms with E-state index < -0.39 is 0 Å². The molecule has 0 atom stereocenters. The SMILES string of the molecule is CN=NCCCCCCN=NC. The zero-order valence-electron chi connectivity index (χ0n) is 8.03. The Morgan fingerprint density at radius 3 is 1.42 bits per heavy atom. The molecule has 4 nitrogen and oxygen atoms in total. The first-order chi connectivity index (χ1) is 5.91. The number of hydrogen-bond donors (Lipinski definition) is 0. The minimum absolute atomic E-state index is 0.867. The van der Waals surface area contributed by atoms with Gasteiger partial charge in [-0.3, -0.25) is 0 Å². The lowest BCUT2D eigenvalue weighted by Gasteiger charge is -1.94. The maximum atomic E-state index is 3.89. The molecule has 0 heterocycles. The Kier molecular flexibility index (Phi) is 9.52. The summed E-state index contributed by atoms with van der Waals surface area (Å²) in [5.74, 6) is 0. The first-order valence-electron chi connectivity index (χ1n) is 4.43. The van der Waals surface area contributed by atoms with Crippen LogP contribution >= 0.6 is 0 Å². The molecular formula is C8H18N4. The Morgan fingerprint density at radius 2 is 1.08 bits per heavy atom. The number of rotatable bonds is 7. The van der Waals surface area contributed by atoms with Crippen molar-refractivity contribution in [1.29, 1.82) is 0 Å². The summed E-state index contributed by atoms with van der Waals surface area (Å²) in [7, 11) is 3.42. The Balaban J connectivity index is 2.91. The van der Waals surface area contributed by atoms with Gasteiger partial charge in [-0.1, -0.05) is 12.8 Å². The van der Waals surface area contributed by atoms with E-state index in [1.54, 1.807) is 14.1 Å². The van der Waals surface area contributed by atoms with Gasteiger partial charge < -0.3 is 0 Å². The van der Waals surface area contributed by atoms with Crippen molar-refractivity contribution in [3.8, 4) is 0 Å². The van der Waals surface area contributed by atoms with Gasteiger partial charge in [0, 0.05) is 14.1 Å². The van der Waals surface area contributed by atoms with E-state index in [0.717, 1.165) is 25.9 Å². The van der Waals surface area contributed by atoms with Crippen LogP contribution in [0.2, 0.25) is 0 Å². The maximum absolute atomic E-state index is 3.89. The molecule has 0 amide bonds. The van der Waals surface area contributed by atoms with Crippen LogP contribution in [0.15, 0.2) is 20.5 Å². The summed E-state index contributed by atoms with van der Waals surface area (Å²) >= 11 is 0. The highest BCUT2D eigenvalue weighted by molar-refractivity contribution is 4.46. The van der Waals surface area contributed by atoms with Crippen LogP contribution in [0.25, 0.3) is 0 Å². The molecule has 0 bridgehead atoms. The second-order valence-electron chi connectivity index (χ2n) is 2.54. The first-order valence-corrected chi connectivity index (χ1v) is 4.43. The van der Waals surface area contributed by atoms with Gasteiger partial charge in [0.05, 0.1) is 13.1 Å². The van der Waals surface area contributed by atoms with Crippen molar-refractivity contribution in [1.82, 2.24) is 0 Å². The van der Waals surface area contributed by atoms with Crippen molar-refractivity contribution in [3.05, 3.63) is 0 Å². The molecular weight excluding hydrogens is 152 g/mol. The number of unbranched alkanes of at least 4 members (excludes halogenated alkanes) is 3. The average molecular weight is 170 g/mol. The molecule has 0 fully saturated rings. The van der Waals surface area contributed by atoms with Crippen LogP contribution in [0.5, 0.6) is 0 Å². The van der Waals surface area contributed by atoms with Crippen molar-refractivity contribution in [2.45, 2.75) is 25.7 Å². The molecule has 0 aliphatic rings. The van der Waals surface area contributed by atoms with E-state index in [1.807, 2.05) is 0 Å². The molecule has 4 heteroatoms. The van der Waals surface area contributed by atoms with E-state index in [1.165, 1.54) is 12.8 Å². The normalized spacial score (nSPS) is 11.8. The van der Waals surface area contributed by atoms with E-state index in [0.29, 0.717) is 0 Å². The third-order valence-electron chi connectivity index (χ3n) is 1.55. The average Bonchev–Trinajstić information content (AvgIpc) is 2.10. The molecule has 0 unspecified atom stereocenters. The van der Waals surface area contributed by atoms with Gasteiger partial charge in [-0.15, -0.1) is 0 Å². The Bertz CT molecular complexity index is 115. The fraction of sp³-hybridized carbons (Fsp3) is 1.00. The predicted molar refractivity (Wildman–Crippen MR) is 49.8 cm³/mol. The van der Waals surface area contributed by atoms with Crippen molar-refractivity contribution in [2.24, 2.45) is 20.5 Å². The molecule has 0 aliphatic heterocycles. The van der Waals surface area contributed by atoms with Gasteiger partial charge in [0.2, 0.25) is 0 Å². The molecule has 12 heavy (non-hydrogen) atoms. The van der Waals surface area contributed by atoms with Crippen molar-refractivity contribution in [2.75, 3.05) is 27.2 Å². The van der Waals surface area contributed by atoms with Crippen LogP contribution in [0.4, 0.5) is 0 Å². The molecule has 0 saturated carbocycles. The fourth-order valence-electron chi connectivity index (χ4n) is 0.919. The lowest BCUT2D eigenvalue weighted by molar-refractivity contribution is 0.638. The summed E-state index contributed by atoms with van der Waals surface area (Å²) in [5.41, 5.74) is 0. The number of hydrogen-bond acceptors (Lipinski definition) is 4. The minimum Gasteiger partial charge on any atom is -0.198 e. The van der Waals surface area contributed by atoms with Crippen LogP contribution in [0.1, 0.15) is 25.7 Å². The Hall–Kier alpha value is -0.800. The standard InChI is InChI=1S/C8H18N4/c1-9-11-7-5-3-4-6-8-12-10-2/h3-8H2,1-2H3. The maximum Gasteiger partial charge on any atom is 0.0598 e. The van der Waals surface area contributed by atoms with Crippen molar-refractivity contribution >= 4 is 0 Å². The van der Waals surface area contributed by atoms with E-state index >= 15 is 0 Å². The molecule has 0 aromatic carbocycles. The van der Waals surface area contributed by atoms with Crippen molar-refractivity contribution in [3.63, 3.8) is 0 Å². The fourth-order valence-corrected chi connectivity index (χ4v) is 0.919. The minimum atomic E-state index is 0.867. The van der Waals surface area contributed by atoms with Gasteiger partial charge in [-0.2, -0.15) is 20.5 Å². The van der Waals surface area contributed by atoms with E-state index in [-0.39, 0.29) is 0 Å². The largest absolute Gasteiger partial charge is 0.198 e. The highest BCUT2D eigenvalue weighted by Crippen LogP contribution is 2.00. The van der Waals surface area contributed by atoms with Crippen LogP contribution in [-0.4, -0.2) is 27.2 Å². The van der Waals surface area contributed by atoms with Crippen LogP contribution in [-0.2, 0) is 0 Å². The summed E-state index contributed by atoms with van der Waals surface area (Å²) in [5, 5.41) is 15.1. The molecule has 0 N–H and O–H groups in total. The quantitative estimate of drug-likeness (QED) is 0.416. The summed E-state index contributed by atoms with van der Waals surface area (Å²) in [4.78, 5) is 0. The smallest absolute Gasteiger partial charge is 0.0598 e. The molecule has 70 valence electrons. The highest BCUT2D eigenvalue weighted by atomic mass is 15.1. The summed E-state index contributed by atoms with van der Waals surface area (Å²) in [6.45, 7) is 1.73. The predicted octanol–water partition coefficient (Wildman–Crippen LogP) is 2.71. The lowest BCUT2D eigenvalue weighted by atomic mass is 10.2. The monoisotopic (exact) mass is 170 g/mol. The molecule has 0 aromatic rings. The molecule has 0 aromatic heterocycles. The van der Waals surface area contributed by atoms with Crippen LogP contribution in [0, 0.1) is 0 Å². The summed E-state index contributed by atoms with van der Waals surface area (Å²) in [6.07, 6.45) is 4.72. The topological polar surface area (TPSA) is 49.4 Å². The van der Waals surface area contributed by atoms with Gasteiger partial charge in [0.15, 0.2) is 0 Å². The molecule has 0 aliphatic carbocycles. The van der Waals surface area contributed by atoms with Gasteiger partial charge in [-0.05, 0) is 12.8 Å². The van der Waals surface area contributed by atoms with E-state index in [2.05, 4.69) is 20.5 Å². The van der Waals surface area contributed by atoms with Crippen LogP contribution in [0.3, 0.4) is 0 Å². The van der Waals surface area contributed by atoms with E-state index in [4.69, 9.17) is 0 Å². The molecule has 0 saturated heterocycles. The third kappa shape index (κ3) is 9.20. The lowest BCUT2D eigenvalue weighted by Crippen LogP contribution is -1.84.